The molecule has 0 aromatic carbocycles. The van der Waals surface area contributed by atoms with Gasteiger partial charge in [-0.2, -0.15) is 5.26 Å². The fourth-order valence-corrected chi connectivity index (χ4v) is 0.723. The van der Waals surface area contributed by atoms with Gasteiger partial charge in [0, 0.05) is 0 Å². The van der Waals surface area contributed by atoms with Gasteiger partial charge in [-0.05, 0) is 12.1 Å². The van der Waals surface area contributed by atoms with Crippen LogP contribution in [0.2, 0.25) is 0 Å². The van der Waals surface area contributed by atoms with Gasteiger partial charge in [0.1, 0.15) is 0 Å². The van der Waals surface area contributed by atoms with Crippen molar-refractivity contribution in [3.63, 3.8) is 0 Å². The number of carbonyl (C=O) groups is 1. The molecule has 0 amide bonds. The fourth-order valence-electron chi connectivity index (χ4n) is 0.723. The van der Waals surface area contributed by atoms with E-state index in [0.29, 0.717) is 0 Å². The largest absolute Gasteiger partial charge is 0.478 e. The van der Waals surface area contributed by atoms with Crippen molar-refractivity contribution >= 4 is 5.97 Å². The Kier molecular flexibility index (Phi) is 2.33. The predicted octanol–water partition coefficient (Wildman–Crippen LogP) is 0.903. The van der Waals surface area contributed by atoms with Gasteiger partial charge in [-0.15, -0.1) is 0 Å². The zero-order chi connectivity index (χ0) is 8.97. The van der Waals surface area contributed by atoms with Crippen LogP contribution >= 0.6 is 0 Å². The van der Waals surface area contributed by atoms with Crippen LogP contribution in [0.4, 0.5) is 0 Å². The van der Waals surface area contributed by atoms with Crippen LogP contribution in [0, 0.1) is 11.5 Å². The van der Waals surface area contributed by atoms with E-state index in [1.165, 1.54) is 24.7 Å². The van der Waals surface area contributed by atoms with Crippen molar-refractivity contribution in [2.75, 3.05) is 0 Å². The molecule has 0 saturated heterocycles. The Labute approximate surface area is 67.8 Å². The SMILES string of the molecule is N#COC(C(=O)O)c1ccco1. The highest BCUT2D eigenvalue weighted by atomic mass is 16.5. The van der Waals surface area contributed by atoms with Gasteiger partial charge >= 0.3 is 5.97 Å². The van der Waals surface area contributed by atoms with Crippen molar-refractivity contribution in [2.45, 2.75) is 6.10 Å². The van der Waals surface area contributed by atoms with E-state index in [1.807, 2.05) is 0 Å². The topological polar surface area (TPSA) is 83.5 Å². The van der Waals surface area contributed by atoms with Gasteiger partial charge < -0.3 is 14.3 Å². The van der Waals surface area contributed by atoms with Crippen LogP contribution in [0.1, 0.15) is 11.9 Å². The lowest BCUT2D eigenvalue weighted by atomic mass is 10.3. The van der Waals surface area contributed by atoms with Crippen molar-refractivity contribution in [1.29, 1.82) is 5.26 Å². The summed E-state index contributed by atoms with van der Waals surface area (Å²) in [4.78, 5) is 10.5. The van der Waals surface area contributed by atoms with Gasteiger partial charge in [-0.25, -0.2) is 4.79 Å². The molecule has 1 atom stereocenters. The molecule has 0 radical (unpaired) electrons. The Morgan fingerprint density at radius 2 is 2.58 bits per heavy atom. The molecule has 5 nitrogen and oxygen atoms in total. The number of ether oxygens (including phenoxy) is 1. The number of nitrogens with zero attached hydrogens (tertiary/aromatic N) is 1. The lowest BCUT2D eigenvalue weighted by Crippen LogP contribution is -2.12. The number of hydrogen-bond acceptors (Lipinski definition) is 4. The highest BCUT2D eigenvalue weighted by Gasteiger charge is 2.23. The molecule has 0 fully saturated rings. The average Bonchev–Trinajstić information content (AvgIpc) is 2.51. The minimum atomic E-state index is -1.34. The number of aliphatic carboxylic acids is 1. The van der Waals surface area contributed by atoms with E-state index in [-0.39, 0.29) is 5.76 Å². The number of nitriles is 1. The molecule has 1 heterocycles. The van der Waals surface area contributed by atoms with E-state index in [2.05, 4.69) is 4.74 Å². The van der Waals surface area contributed by atoms with Crippen molar-refractivity contribution < 1.29 is 19.1 Å². The average molecular weight is 167 g/mol. The first kappa shape index (κ1) is 8.14. The first-order valence-electron chi connectivity index (χ1n) is 3.06. The number of carboxylic acid groups (broad SMARTS) is 1. The van der Waals surface area contributed by atoms with Crippen LogP contribution in [0.3, 0.4) is 0 Å². The zero-order valence-corrected chi connectivity index (χ0v) is 5.93. The first-order chi connectivity index (χ1) is 5.75. The lowest BCUT2D eigenvalue weighted by Gasteiger charge is -2.03. The minimum absolute atomic E-state index is 0.101. The van der Waals surface area contributed by atoms with Gasteiger partial charge in [0.2, 0.25) is 0 Å². The summed E-state index contributed by atoms with van der Waals surface area (Å²) in [5, 5.41) is 16.6. The van der Waals surface area contributed by atoms with Gasteiger partial charge in [0.25, 0.3) is 12.4 Å². The van der Waals surface area contributed by atoms with Gasteiger partial charge in [-0.1, -0.05) is 0 Å². The van der Waals surface area contributed by atoms with E-state index < -0.39 is 12.1 Å². The molecule has 1 rings (SSSR count). The van der Waals surface area contributed by atoms with Crippen LogP contribution in [-0.4, -0.2) is 11.1 Å². The second kappa shape index (κ2) is 3.44. The molecule has 0 aliphatic heterocycles. The monoisotopic (exact) mass is 167 g/mol. The molecule has 0 saturated carbocycles. The van der Waals surface area contributed by atoms with E-state index in [4.69, 9.17) is 14.8 Å². The molecule has 1 unspecified atom stereocenters. The fraction of sp³-hybridized carbons (Fsp3) is 0.143. The Morgan fingerprint density at radius 1 is 1.83 bits per heavy atom. The van der Waals surface area contributed by atoms with Crippen molar-refractivity contribution in [3.05, 3.63) is 24.2 Å². The normalized spacial score (nSPS) is 11.6. The molecule has 0 aliphatic carbocycles. The standard InChI is InChI=1S/C7H5NO4/c8-4-12-6(7(9)10)5-2-1-3-11-5/h1-3,6H,(H,9,10). The first-order valence-corrected chi connectivity index (χ1v) is 3.06. The Balaban J connectivity index is 2.82. The molecule has 1 N–H and O–H groups in total. The van der Waals surface area contributed by atoms with E-state index in [9.17, 15) is 4.79 Å². The third kappa shape index (κ3) is 1.55. The number of carboxylic acids is 1. The molecular formula is C7H5NO4. The lowest BCUT2D eigenvalue weighted by molar-refractivity contribution is -0.147. The highest BCUT2D eigenvalue weighted by Crippen LogP contribution is 2.17. The molecule has 1 aromatic rings. The maximum atomic E-state index is 10.5. The molecule has 62 valence electrons. The van der Waals surface area contributed by atoms with Crippen LogP contribution < -0.4 is 0 Å². The van der Waals surface area contributed by atoms with E-state index in [1.54, 1.807) is 0 Å². The second-order valence-corrected chi connectivity index (χ2v) is 1.94. The number of rotatable bonds is 3. The molecule has 12 heavy (non-hydrogen) atoms. The Morgan fingerprint density at radius 3 is 3.00 bits per heavy atom. The number of hydrogen-bond donors (Lipinski definition) is 1. The summed E-state index contributed by atoms with van der Waals surface area (Å²) in [7, 11) is 0. The van der Waals surface area contributed by atoms with Gasteiger partial charge in [0.05, 0.1) is 6.26 Å². The molecule has 0 spiro atoms. The van der Waals surface area contributed by atoms with Crippen LogP contribution in [-0.2, 0) is 9.53 Å². The summed E-state index contributed by atoms with van der Waals surface area (Å²) in [6.45, 7) is 0. The highest BCUT2D eigenvalue weighted by molar-refractivity contribution is 5.73. The third-order valence-corrected chi connectivity index (χ3v) is 1.20. The Bertz CT molecular complexity index is 298. The minimum Gasteiger partial charge on any atom is -0.478 e. The summed E-state index contributed by atoms with van der Waals surface area (Å²) in [6.07, 6.45) is 1.27. The van der Waals surface area contributed by atoms with Crippen LogP contribution in [0.15, 0.2) is 22.8 Å². The summed E-state index contributed by atoms with van der Waals surface area (Å²) < 4.78 is 9.01. The summed E-state index contributed by atoms with van der Waals surface area (Å²) >= 11 is 0. The predicted molar refractivity (Wildman–Crippen MR) is 35.8 cm³/mol. The zero-order valence-electron chi connectivity index (χ0n) is 5.93. The molecule has 0 bridgehead atoms. The van der Waals surface area contributed by atoms with E-state index in [0.717, 1.165) is 0 Å². The summed E-state index contributed by atoms with van der Waals surface area (Å²) in [5.41, 5.74) is 0. The van der Waals surface area contributed by atoms with E-state index >= 15 is 0 Å². The number of furan rings is 1. The maximum Gasteiger partial charge on any atom is 0.354 e. The second-order valence-electron chi connectivity index (χ2n) is 1.94. The van der Waals surface area contributed by atoms with Gasteiger partial charge in [0.15, 0.2) is 5.76 Å². The summed E-state index contributed by atoms with van der Waals surface area (Å²) in [6, 6.07) is 2.95. The van der Waals surface area contributed by atoms with Crippen LogP contribution in [0.25, 0.3) is 0 Å². The molecular weight excluding hydrogens is 162 g/mol. The van der Waals surface area contributed by atoms with Crippen molar-refractivity contribution in [3.8, 4) is 6.26 Å². The summed E-state index contributed by atoms with van der Waals surface area (Å²) in [5.74, 6) is -1.16. The van der Waals surface area contributed by atoms with Crippen LogP contribution in [0.5, 0.6) is 0 Å². The smallest absolute Gasteiger partial charge is 0.354 e. The molecule has 0 aliphatic rings. The van der Waals surface area contributed by atoms with Crippen molar-refractivity contribution in [2.24, 2.45) is 0 Å². The molecule has 1 aromatic heterocycles. The van der Waals surface area contributed by atoms with Gasteiger partial charge in [-0.3, -0.25) is 0 Å². The quantitative estimate of drug-likeness (QED) is 0.676. The third-order valence-electron chi connectivity index (χ3n) is 1.20. The maximum absolute atomic E-state index is 10.5. The Hall–Kier alpha value is -1.96. The van der Waals surface area contributed by atoms with Crippen molar-refractivity contribution in [1.82, 2.24) is 0 Å². The molecule has 5 heteroatoms.